The van der Waals surface area contributed by atoms with Crippen molar-refractivity contribution in [1.29, 1.82) is 0 Å². The molecule has 0 radical (unpaired) electrons. The molecule has 0 atom stereocenters. The first-order valence-electron chi connectivity index (χ1n) is 7.86. The highest BCUT2D eigenvalue weighted by Crippen LogP contribution is 2.25. The van der Waals surface area contributed by atoms with E-state index in [9.17, 15) is 9.59 Å². The number of hydrogen-bond donors (Lipinski definition) is 2. The van der Waals surface area contributed by atoms with Crippen molar-refractivity contribution < 1.29 is 9.59 Å². The van der Waals surface area contributed by atoms with Crippen LogP contribution in [0.25, 0.3) is 0 Å². The summed E-state index contributed by atoms with van der Waals surface area (Å²) in [5, 5.41) is 5.56. The van der Waals surface area contributed by atoms with Crippen molar-refractivity contribution >= 4 is 40.4 Å². The number of carbonyl (C=O) groups excluding carboxylic acids is 2. The van der Waals surface area contributed by atoms with E-state index in [-0.39, 0.29) is 17.9 Å². The van der Waals surface area contributed by atoms with E-state index < -0.39 is 0 Å². The summed E-state index contributed by atoms with van der Waals surface area (Å²) in [6.07, 6.45) is 0.629. The number of nitrogens with two attached hydrogens (primary N) is 1. The standard InChI is InChI=1S/C17H21ClN4O2S/c1-10(2)22(3)17(24)11-4-5-12(18)13(8-11)21-16(23)14-9-25-15(20-14)6-7-19/h4-5,8-10H,6-7,19H2,1-3H3,(H,21,23). The fourth-order valence-corrected chi connectivity index (χ4v) is 2.99. The molecular weight excluding hydrogens is 360 g/mol. The Kier molecular flexibility index (Phi) is 6.52. The highest BCUT2D eigenvalue weighted by Gasteiger charge is 2.17. The Labute approximate surface area is 156 Å². The summed E-state index contributed by atoms with van der Waals surface area (Å²) in [7, 11) is 1.73. The topological polar surface area (TPSA) is 88.3 Å². The first-order chi connectivity index (χ1) is 11.8. The van der Waals surface area contributed by atoms with Crippen molar-refractivity contribution in [2.45, 2.75) is 26.3 Å². The molecule has 2 rings (SSSR count). The van der Waals surface area contributed by atoms with E-state index in [1.807, 2.05) is 13.8 Å². The minimum absolute atomic E-state index is 0.0668. The third kappa shape index (κ3) is 4.78. The molecule has 0 bridgehead atoms. The fourth-order valence-electron chi connectivity index (χ4n) is 2.03. The number of aromatic nitrogens is 1. The van der Waals surface area contributed by atoms with Gasteiger partial charge < -0.3 is 16.0 Å². The van der Waals surface area contributed by atoms with E-state index in [4.69, 9.17) is 17.3 Å². The van der Waals surface area contributed by atoms with Gasteiger partial charge in [-0.05, 0) is 38.6 Å². The van der Waals surface area contributed by atoms with E-state index >= 15 is 0 Å². The van der Waals surface area contributed by atoms with Gasteiger partial charge in [-0.1, -0.05) is 11.6 Å². The molecule has 0 unspecified atom stereocenters. The molecular formula is C17H21ClN4O2S. The summed E-state index contributed by atoms with van der Waals surface area (Å²) >= 11 is 7.54. The Morgan fingerprint density at radius 2 is 2.12 bits per heavy atom. The zero-order valence-electron chi connectivity index (χ0n) is 14.4. The third-order valence-electron chi connectivity index (χ3n) is 3.70. The van der Waals surface area contributed by atoms with E-state index in [0.717, 1.165) is 5.01 Å². The molecule has 1 aromatic heterocycles. The van der Waals surface area contributed by atoms with Crippen molar-refractivity contribution in [3.8, 4) is 0 Å². The minimum atomic E-state index is -0.372. The second-order valence-corrected chi connectivity index (χ2v) is 7.17. The number of nitrogens with one attached hydrogen (secondary N) is 1. The largest absolute Gasteiger partial charge is 0.339 e. The number of amides is 2. The van der Waals surface area contributed by atoms with Gasteiger partial charge in [-0.2, -0.15) is 0 Å². The van der Waals surface area contributed by atoms with Gasteiger partial charge in [-0.3, -0.25) is 9.59 Å². The number of halogens is 1. The second-order valence-electron chi connectivity index (χ2n) is 5.82. The summed E-state index contributed by atoms with van der Waals surface area (Å²) in [6, 6.07) is 4.88. The fraction of sp³-hybridized carbons (Fsp3) is 0.353. The Balaban J connectivity index is 2.19. The molecule has 2 amide bonds. The summed E-state index contributed by atoms with van der Waals surface area (Å²) in [5.74, 6) is -0.510. The molecule has 0 aliphatic carbocycles. The number of rotatable bonds is 6. The quantitative estimate of drug-likeness (QED) is 0.806. The van der Waals surface area contributed by atoms with Crippen LogP contribution in [0.2, 0.25) is 5.02 Å². The molecule has 3 N–H and O–H groups in total. The molecule has 0 saturated heterocycles. The molecule has 134 valence electrons. The van der Waals surface area contributed by atoms with Crippen LogP contribution in [0.1, 0.15) is 39.7 Å². The lowest BCUT2D eigenvalue weighted by molar-refractivity contribution is 0.0754. The zero-order chi connectivity index (χ0) is 18.6. The monoisotopic (exact) mass is 380 g/mol. The average Bonchev–Trinajstić information content (AvgIpc) is 3.04. The Morgan fingerprint density at radius 1 is 1.40 bits per heavy atom. The van der Waals surface area contributed by atoms with Crippen molar-refractivity contribution in [1.82, 2.24) is 9.88 Å². The van der Waals surface area contributed by atoms with Gasteiger partial charge in [0.2, 0.25) is 0 Å². The number of carbonyl (C=O) groups is 2. The first kappa shape index (κ1) is 19.4. The van der Waals surface area contributed by atoms with Gasteiger partial charge in [-0.15, -0.1) is 11.3 Å². The van der Waals surface area contributed by atoms with Crippen molar-refractivity contribution in [2.75, 3.05) is 18.9 Å². The molecule has 8 heteroatoms. The van der Waals surface area contributed by atoms with Crippen LogP contribution in [-0.2, 0) is 6.42 Å². The number of benzene rings is 1. The lowest BCUT2D eigenvalue weighted by atomic mass is 10.1. The molecule has 6 nitrogen and oxygen atoms in total. The van der Waals surface area contributed by atoms with Crippen LogP contribution in [0.4, 0.5) is 5.69 Å². The van der Waals surface area contributed by atoms with Crippen LogP contribution >= 0.6 is 22.9 Å². The number of thiazole rings is 1. The van der Waals surface area contributed by atoms with E-state index in [1.54, 1.807) is 35.5 Å². The van der Waals surface area contributed by atoms with Gasteiger partial charge in [-0.25, -0.2) is 4.98 Å². The molecule has 0 saturated carbocycles. The van der Waals surface area contributed by atoms with E-state index in [2.05, 4.69) is 10.3 Å². The Morgan fingerprint density at radius 3 is 2.76 bits per heavy atom. The molecule has 0 spiro atoms. The summed E-state index contributed by atoms with van der Waals surface area (Å²) in [5.41, 5.74) is 6.63. The molecule has 1 heterocycles. The van der Waals surface area contributed by atoms with Crippen LogP contribution in [0.15, 0.2) is 23.6 Å². The average molecular weight is 381 g/mol. The zero-order valence-corrected chi connectivity index (χ0v) is 15.9. The van der Waals surface area contributed by atoms with Crippen LogP contribution in [0, 0.1) is 0 Å². The summed E-state index contributed by atoms with van der Waals surface area (Å²) in [4.78, 5) is 30.6. The van der Waals surface area contributed by atoms with Gasteiger partial charge in [0.15, 0.2) is 0 Å². The molecule has 0 fully saturated rings. The highest BCUT2D eigenvalue weighted by molar-refractivity contribution is 7.09. The van der Waals surface area contributed by atoms with Crippen molar-refractivity contribution in [2.24, 2.45) is 5.73 Å². The van der Waals surface area contributed by atoms with Crippen molar-refractivity contribution in [3.05, 3.63) is 44.9 Å². The van der Waals surface area contributed by atoms with Crippen LogP contribution in [0.5, 0.6) is 0 Å². The molecule has 2 aromatic rings. The first-order valence-corrected chi connectivity index (χ1v) is 9.11. The van der Waals surface area contributed by atoms with Gasteiger partial charge in [0.1, 0.15) is 5.69 Å². The predicted octanol–water partition coefficient (Wildman–Crippen LogP) is 3.03. The molecule has 1 aromatic carbocycles. The highest BCUT2D eigenvalue weighted by atomic mass is 35.5. The Bertz CT molecular complexity index is 776. The maximum atomic E-state index is 12.4. The molecule has 25 heavy (non-hydrogen) atoms. The number of hydrogen-bond acceptors (Lipinski definition) is 5. The maximum absolute atomic E-state index is 12.4. The van der Waals surface area contributed by atoms with Crippen LogP contribution in [0.3, 0.4) is 0 Å². The van der Waals surface area contributed by atoms with E-state index in [1.165, 1.54) is 11.3 Å². The van der Waals surface area contributed by atoms with Crippen LogP contribution < -0.4 is 11.1 Å². The minimum Gasteiger partial charge on any atom is -0.339 e. The SMILES string of the molecule is CC(C)N(C)C(=O)c1ccc(Cl)c(NC(=O)c2csc(CCN)n2)c1. The summed E-state index contributed by atoms with van der Waals surface area (Å²) in [6.45, 7) is 4.34. The van der Waals surface area contributed by atoms with E-state index in [0.29, 0.717) is 34.9 Å². The third-order valence-corrected chi connectivity index (χ3v) is 4.94. The number of anilines is 1. The lowest BCUT2D eigenvalue weighted by Crippen LogP contribution is -2.33. The predicted molar refractivity (Wildman–Crippen MR) is 102 cm³/mol. The van der Waals surface area contributed by atoms with Gasteiger partial charge in [0, 0.05) is 30.5 Å². The lowest BCUT2D eigenvalue weighted by Gasteiger charge is -2.21. The van der Waals surface area contributed by atoms with Gasteiger partial charge >= 0.3 is 0 Å². The van der Waals surface area contributed by atoms with Gasteiger partial charge in [0.25, 0.3) is 11.8 Å². The molecule has 0 aliphatic rings. The van der Waals surface area contributed by atoms with Crippen molar-refractivity contribution in [3.63, 3.8) is 0 Å². The molecule has 0 aliphatic heterocycles. The summed E-state index contributed by atoms with van der Waals surface area (Å²) < 4.78 is 0. The second kappa shape index (κ2) is 8.42. The van der Waals surface area contributed by atoms with Gasteiger partial charge in [0.05, 0.1) is 15.7 Å². The smallest absolute Gasteiger partial charge is 0.275 e. The maximum Gasteiger partial charge on any atom is 0.275 e. The van der Waals surface area contributed by atoms with Crippen LogP contribution in [-0.4, -0.2) is 41.3 Å². The normalized spacial score (nSPS) is 10.8. The Hall–Kier alpha value is -1.96. The number of nitrogens with zero attached hydrogens (tertiary/aromatic N) is 2.